The van der Waals surface area contributed by atoms with Gasteiger partial charge in [0.1, 0.15) is 11.5 Å². The zero-order valence-corrected chi connectivity index (χ0v) is 7.77. The predicted octanol–water partition coefficient (Wildman–Crippen LogP) is 1.59. The maximum atomic E-state index is 10.9. The van der Waals surface area contributed by atoms with Gasteiger partial charge in [0, 0.05) is 6.42 Å². The number of aromatic carboxylic acids is 1. The first-order valence-corrected chi connectivity index (χ1v) is 4.42. The van der Waals surface area contributed by atoms with E-state index in [1.807, 2.05) is 13.0 Å². The van der Waals surface area contributed by atoms with Crippen LogP contribution in [-0.2, 0) is 6.42 Å². The zero-order chi connectivity index (χ0) is 10.1. The molecule has 0 saturated heterocycles. The summed E-state index contributed by atoms with van der Waals surface area (Å²) < 4.78 is 1.67. The second-order valence-corrected chi connectivity index (χ2v) is 3.00. The van der Waals surface area contributed by atoms with Crippen LogP contribution in [0.2, 0.25) is 0 Å². The Kier molecular flexibility index (Phi) is 1.96. The summed E-state index contributed by atoms with van der Waals surface area (Å²) in [4.78, 5) is 15.1. The van der Waals surface area contributed by atoms with E-state index < -0.39 is 5.97 Å². The lowest BCUT2D eigenvalue weighted by molar-refractivity contribution is 0.0688. The van der Waals surface area contributed by atoms with Crippen LogP contribution in [0.1, 0.15) is 23.2 Å². The van der Waals surface area contributed by atoms with Gasteiger partial charge in [-0.05, 0) is 12.1 Å². The molecule has 0 spiro atoms. The predicted molar refractivity (Wildman–Crippen MR) is 51.5 cm³/mol. The molecule has 0 fully saturated rings. The van der Waals surface area contributed by atoms with Gasteiger partial charge in [-0.15, -0.1) is 0 Å². The van der Waals surface area contributed by atoms with Gasteiger partial charge in [0.05, 0.1) is 11.7 Å². The molecule has 14 heavy (non-hydrogen) atoms. The molecule has 2 rings (SSSR count). The molecule has 1 N–H and O–H groups in total. The number of pyridine rings is 1. The fourth-order valence-electron chi connectivity index (χ4n) is 1.53. The SMILES string of the molecule is CCc1ncc2cccc(C(=O)O)n12. The number of aromatic nitrogens is 2. The summed E-state index contributed by atoms with van der Waals surface area (Å²) >= 11 is 0. The van der Waals surface area contributed by atoms with Crippen molar-refractivity contribution >= 4 is 11.5 Å². The minimum atomic E-state index is -0.928. The van der Waals surface area contributed by atoms with E-state index in [1.165, 1.54) is 0 Å². The highest BCUT2D eigenvalue weighted by Crippen LogP contribution is 2.11. The molecule has 4 nitrogen and oxygen atoms in total. The van der Waals surface area contributed by atoms with Gasteiger partial charge < -0.3 is 5.11 Å². The molecule has 0 aliphatic rings. The molecule has 0 atom stereocenters. The molecule has 2 aromatic rings. The molecule has 2 aromatic heterocycles. The number of nitrogens with zero attached hydrogens (tertiary/aromatic N) is 2. The molecule has 0 saturated carbocycles. The van der Waals surface area contributed by atoms with Gasteiger partial charge in [-0.3, -0.25) is 4.40 Å². The van der Waals surface area contributed by atoms with Gasteiger partial charge >= 0.3 is 5.97 Å². The molecule has 0 aliphatic heterocycles. The topological polar surface area (TPSA) is 54.6 Å². The molecule has 4 heteroatoms. The van der Waals surface area contributed by atoms with Crippen LogP contribution in [0.25, 0.3) is 5.52 Å². The Labute approximate surface area is 80.8 Å². The first-order valence-electron chi connectivity index (χ1n) is 4.42. The molecule has 0 bridgehead atoms. The van der Waals surface area contributed by atoms with Crippen LogP contribution in [0, 0.1) is 0 Å². The maximum Gasteiger partial charge on any atom is 0.352 e. The lowest BCUT2D eigenvalue weighted by atomic mass is 10.3. The zero-order valence-electron chi connectivity index (χ0n) is 7.77. The molecule has 0 aromatic carbocycles. The molecule has 0 amide bonds. The number of fused-ring (bicyclic) bond motifs is 1. The van der Waals surface area contributed by atoms with Crippen LogP contribution in [0.5, 0.6) is 0 Å². The van der Waals surface area contributed by atoms with Crippen molar-refractivity contribution in [1.29, 1.82) is 0 Å². The summed E-state index contributed by atoms with van der Waals surface area (Å²) in [5.74, 6) is -0.152. The normalized spacial score (nSPS) is 10.6. The average molecular weight is 190 g/mol. The van der Waals surface area contributed by atoms with Crippen LogP contribution in [0.3, 0.4) is 0 Å². The highest BCUT2D eigenvalue weighted by Gasteiger charge is 2.10. The standard InChI is InChI=1S/C10H10N2O2/c1-2-9-11-6-7-4-3-5-8(10(13)14)12(7)9/h3-6H,2H2,1H3,(H,13,14). The largest absolute Gasteiger partial charge is 0.477 e. The van der Waals surface area contributed by atoms with Crippen LogP contribution in [-0.4, -0.2) is 20.5 Å². The van der Waals surface area contributed by atoms with Crippen LogP contribution in [0.15, 0.2) is 24.4 Å². The van der Waals surface area contributed by atoms with Crippen molar-refractivity contribution in [2.45, 2.75) is 13.3 Å². The van der Waals surface area contributed by atoms with E-state index in [4.69, 9.17) is 5.11 Å². The van der Waals surface area contributed by atoms with Crippen LogP contribution < -0.4 is 0 Å². The quantitative estimate of drug-likeness (QED) is 0.782. The summed E-state index contributed by atoms with van der Waals surface area (Å²) in [6, 6.07) is 5.15. The number of carboxylic acids is 1. The van der Waals surface area contributed by atoms with E-state index in [2.05, 4.69) is 4.98 Å². The van der Waals surface area contributed by atoms with Gasteiger partial charge in [-0.25, -0.2) is 9.78 Å². The molecular weight excluding hydrogens is 180 g/mol. The van der Waals surface area contributed by atoms with E-state index in [9.17, 15) is 4.79 Å². The highest BCUT2D eigenvalue weighted by molar-refractivity contribution is 5.86. The summed E-state index contributed by atoms with van der Waals surface area (Å²) in [5.41, 5.74) is 1.08. The highest BCUT2D eigenvalue weighted by atomic mass is 16.4. The minimum Gasteiger partial charge on any atom is -0.477 e. The fraction of sp³-hybridized carbons (Fsp3) is 0.200. The van der Waals surface area contributed by atoms with Crippen molar-refractivity contribution in [3.05, 3.63) is 35.9 Å². The number of hydrogen-bond donors (Lipinski definition) is 1. The summed E-state index contributed by atoms with van der Waals surface area (Å²) in [7, 11) is 0. The second kappa shape index (κ2) is 3.14. The summed E-state index contributed by atoms with van der Waals surface area (Å²) in [6.45, 7) is 1.95. The van der Waals surface area contributed by atoms with Crippen molar-refractivity contribution in [3.63, 3.8) is 0 Å². The fourth-order valence-corrected chi connectivity index (χ4v) is 1.53. The van der Waals surface area contributed by atoms with Crippen molar-refractivity contribution < 1.29 is 9.90 Å². The Morgan fingerprint density at radius 3 is 3.00 bits per heavy atom. The monoisotopic (exact) mass is 190 g/mol. The molecule has 2 heterocycles. The lowest BCUT2D eigenvalue weighted by Gasteiger charge is -2.02. The Morgan fingerprint density at radius 1 is 1.57 bits per heavy atom. The third-order valence-electron chi connectivity index (χ3n) is 2.16. The van der Waals surface area contributed by atoms with E-state index in [1.54, 1.807) is 22.7 Å². The van der Waals surface area contributed by atoms with Crippen molar-refractivity contribution in [2.75, 3.05) is 0 Å². The molecule has 0 radical (unpaired) electrons. The average Bonchev–Trinajstić information content (AvgIpc) is 2.59. The first kappa shape index (κ1) is 8.74. The number of aryl methyl sites for hydroxylation is 1. The van der Waals surface area contributed by atoms with Gasteiger partial charge in [-0.2, -0.15) is 0 Å². The number of imidazole rings is 1. The van der Waals surface area contributed by atoms with Crippen LogP contribution >= 0.6 is 0 Å². The Bertz CT molecular complexity index is 488. The van der Waals surface area contributed by atoms with Gasteiger partial charge in [-0.1, -0.05) is 13.0 Å². The maximum absolute atomic E-state index is 10.9. The van der Waals surface area contributed by atoms with Gasteiger partial charge in [0.15, 0.2) is 0 Å². The summed E-state index contributed by atoms with van der Waals surface area (Å²) in [5, 5.41) is 8.97. The third kappa shape index (κ3) is 1.16. The lowest BCUT2D eigenvalue weighted by Crippen LogP contribution is -2.06. The number of carboxylic acid groups (broad SMARTS) is 1. The number of hydrogen-bond acceptors (Lipinski definition) is 2. The third-order valence-corrected chi connectivity index (χ3v) is 2.16. The Hall–Kier alpha value is -1.84. The Balaban J connectivity index is 2.81. The molecule has 72 valence electrons. The minimum absolute atomic E-state index is 0.261. The van der Waals surface area contributed by atoms with E-state index in [0.717, 1.165) is 17.8 Å². The van der Waals surface area contributed by atoms with Crippen molar-refractivity contribution in [2.24, 2.45) is 0 Å². The molecular formula is C10H10N2O2. The second-order valence-electron chi connectivity index (χ2n) is 3.00. The smallest absolute Gasteiger partial charge is 0.352 e. The number of rotatable bonds is 2. The Morgan fingerprint density at radius 2 is 2.36 bits per heavy atom. The van der Waals surface area contributed by atoms with Gasteiger partial charge in [0.2, 0.25) is 0 Å². The number of carbonyl (C=O) groups is 1. The van der Waals surface area contributed by atoms with E-state index in [0.29, 0.717) is 0 Å². The summed E-state index contributed by atoms with van der Waals surface area (Å²) in [6.07, 6.45) is 2.41. The molecule has 0 unspecified atom stereocenters. The van der Waals surface area contributed by atoms with Crippen LogP contribution in [0.4, 0.5) is 0 Å². The first-order chi connectivity index (χ1) is 6.74. The van der Waals surface area contributed by atoms with Crippen molar-refractivity contribution in [3.8, 4) is 0 Å². The van der Waals surface area contributed by atoms with Crippen molar-refractivity contribution in [1.82, 2.24) is 9.38 Å². The van der Waals surface area contributed by atoms with E-state index >= 15 is 0 Å². The molecule has 0 aliphatic carbocycles. The van der Waals surface area contributed by atoms with E-state index in [-0.39, 0.29) is 5.69 Å². The van der Waals surface area contributed by atoms with Gasteiger partial charge in [0.25, 0.3) is 0 Å².